The molecule has 0 aliphatic carbocycles. The van der Waals surface area contributed by atoms with Gasteiger partial charge in [-0.2, -0.15) is 12.7 Å². The molecule has 0 unspecified atom stereocenters. The highest BCUT2D eigenvalue weighted by atomic mass is 32.2. The van der Waals surface area contributed by atoms with E-state index in [0.29, 0.717) is 12.1 Å². The third kappa shape index (κ3) is 7.53. The van der Waals surface area contributed by atoms with Crippen molar-refractivity contribution in [2.24, 2.45) is 0 Å². The van der Waals surface area contributed by atoms with E-state index in [1.807, 2.05) is 52.0 Å². The van der Waals surface area contributed by atoms with E-state index in [2.05, 4.69) is 5.32 Å². The fourth-order valence-corrected chi connectivity index (χ4v) is 4.73. The van der Waals surface area contributed by atoms with Crippen LogP contribution < -0.4 is 9.62 Å². The number of rotatable bonds is 12. The average Bonchev–Trinajstić information content (AvgIpc) is 2.82. The number of hydrogen-bond donors (Lipinski definition) is 1. The minimum Gasteiger partial charge on any atom is -0.352 e. The van der Waals surface area contributed by atoms with Gasteiger partial charge in [0.2, 0.25) is 11.8 Å². The lowest BCUT2D eigenvalue weighted by Gasteiger charge is -2.34. The first-order chi connectivity index (χ1) is 16.5. The molecule has 2 aromatic carbocycles. The van der Waals surface area contributed by atoms with Crippen LogP contribution in [-0.2, 0) is 26.3 Å². The second-order valence-corrected chi connectivity index (χ2v) is 11.0. The highest BCUT2D eigenvalue weighted by Crippen LogP contribution is 2.21. The van der Waals surface area contributed by atoms with Gasteiger partial charge < -0.3 is 10.2 Å². The molecule has 0 aliphatic heterocycles. The Labute approximate surface area is 210 Å². The summed E-state index contributed by atoms with van der Waals surface area (Å²) in [6.07, 6.45) is 1.16. The van der Waals surface area contributed by atoms with Crippen molar-refractivity contribution in [1.29, 1.82) is 0 Å². The number of carbonyl (C=O) groups is 2. The van der Waals surface area contributed by atoms with Crippen molar-refractivity contribution in [3.05, 3.63) is 65.7 Å². The number of nitrogens with one attached hydrogen (secondary N) is 1. The fourth-order valence-electron chi connectivity index (χ4n) is 3.68. The zero-order valence-electron chi connectivity index (χ0n) is 21.6. The van der Waals surface area contributed by atoms with E-state index in [0.717, 1.165) is 26.2 Å². The molecule has 0 spiro atoms. The van der Waals surface area contributed by atoms with Crippen LogP contribution >= 0.6 is 0 Å². The van der Waals surface area contributed by atoms with E-state index >= 15 is 0 Å². The number of carbonyl (C=O) groups excluding carboxylic acids is 2. The number of aryl methyl sites for hydroxylation is 1. The summed E-state index contributed by atoms with van der Waals surface area (Å²) in [5.41, 5.74) is 2.28. The Kier molecular flexibility index (Phi) is 10.3. The van der Waals surface area contributed by atoms with Crippen LogP contribution in [0.1, 0.15) is 44.7 Å². The molecule has 0 heterocycles. The van der Waals surface area contributed by atoms with Crippen LogP contribution in [0.2, 0.25) is 0 Å². The minimum atomic E-state index is -3.96. The lowest BCUT2D eigenvalue weighted by molar-refractivity contribution is -0.140. The number of hydrogen-bond acceptors (Lipinski definition) is 4. The maximum atomic E-state index is 13.8. The summed E-state index contributed by atoms with van der Waals surface area (Å²) < 4.78 is 28.5. The Morgan fingerprint density at radius 1 is 0.971 bits per heavy atom. The van der Waals surface area contributed by atoms with Gasteiger partial charge in [-0.25, -0.2) is 4.31 Å². The second-order valence-electron chi connectivity index (χ2n) is 8.88. The van der Waals surface area contributed by atoms with E-state index in [4.69, 9.17) is 0 Å². The minimum absolute atomic E-state index is 0.0394. The molecule has 35 heavy (non-hydrogen) atoms. The van der Waals surface area contributed by atoms with Crippen molar-refractivity contribution in [2.45, 2.75) is 59.2 Å². The van der Waals surface area contributed by atoms with Crippen molar-refractivity contribution in [3.8, 4) is 0 Å². The maximum Gasteiger partial charge on any atom is 0.304 e. The van der Waals surface area contributed by atoms with E-state index < -0.39 is 28.7 Å². The Bertz CT molecular complexity index is 1090. The first kappa shape index (κ1) is 28.3. The molecule has 0 aromatic heterocycles. The first-order valence-corrected chi connectivity index (χ1v) is 13.3. The van der Waals surface area contributed by atoms with Crippen LogP contribution in [0.3, 0.4) is 0 Å². The molecule has 2 aromatic rings. The van der Waals surface area contributed by atoms with Crippen molar-refractivity contribution in [3.63, 3.8) is 0 Å². The predicted octanol–water partition coefficient (Wildman–Crippen LogP) is 3.33. The lowest BCUT2D eigenvalue weighted by atomic mass is 10.1. The molecule has 192 valence electrons. The van der Waals surface area contributed by atoms with Crippen LogP contribution in [0.25, 0.3) is 0 Å². The van der Waals surface area contributed by atoms with Crippen molar-refractivity contribution >= 4 is 27.7 Å². The van der Waals surface area contributed by atoms with E-state index in [-0.39, 0.29) is 18.5 Å². The molecule has 1 N–H and O–H groups in total. The molecule has 2 atom stereocenters. The van der Waals surface area contributed by atoms with Crippen LogP contribution in [0.5, 0.6) is 0 Å². The van der Waals surface area contributed by atoms with Gasteiger partial charge in [-0.15, -0.1) is 0 Å². The monoisotopic (exact) mass is 502 g/mol. The lowest BCUT2D eigenvalue weighted by Crippen LogP contribution is -2.54. The summed E-state index contributed by atoms with van der Waals surface area (Å²) in [5.74, 6) is -0.698. The van der Waals surface area contributed by atoms with Crippen LogP contribution in [0.15, 0.2) is 54.6 Å². The van der Waals surface area contributed by atoms with Gasteiger partial charge in [-0.05, 0) is 44.4 Å². The molecule has 0 saturated carbocycles. The summed E-state index contributed by atoms with van der Waals surface area (Å²) in [6.45, 7) is 7.47. The third-order valence-electron chi connectivity index (χ3n) is 5.89. The summed E-state index contributed by atoms with van der Waals surface area (Å²) in [6, 6.07) is 15.5. The van der Waals surface area contributed by atoms with E-state index in [9.17, 15) is 18.0 Å². The molecular weight excluding hydrogens is 464 g/mol. The first-order valence-electron chi connectivity index (χ1n) is 11.9. The van der Waals surface area contributed by atoms with Gasteiger partial charge in [0.05, 0.1) is 5.69 Å². The quantitative estimate of drug-likeness (QED) is 0.482. The van der Waals surface area contributed by atoms with Crippen LogP contribution in [-0.4, -0.2) is 62.2 Å². The molecule has 0 fully saturated rings. The molecule has 0 aliphatic rings. The summed E-state index contributed by atoms with van der Waals surface area (Å²) in [7, 11) is -1.11. The van der Waals surface area contributed by atoms with Crippen molar-refractivity contribution < 1.29 is 18.0 Å². The van der Waals surface area contributed by atoms with Gasteiger partial charge in [0.1, 0.15) is 12.6 Å². The summed E-state index contributed by atoms with van der Waals surface area (Å²) in [4.78, 5) is 28.4. The number of amides is 2. The number of benzene rings is 2. The molecule has 2 amide bonds. The molecule has 9 heteroatoms. The molecule has 8 nitrogen and oxygen atoms in total. The molecule has 0 radical (unpaired) electrons. The molecule has 0 saturated heterocycles. The van der Waals surface area contributed by atoms with Gasteiger partial charge in [-0.1, -0.05) is 61.9 Å². The molecule has 0 bridgehead atoms. The number of anilines is 1. The zero-order chi connectivity index (χ0) is 26.2. The largest absolute Gasteiger partial charge is 0.352 e. The summed E-state index contributed by atoms with van der Waals surface area (Å²) >= 11 is 0. The Balaban J connectivity index is 2.48. The molecular formula is C26H38N4O4S. The molecule has 2 rings (SSSR count). The Hall–Kier alpha value is -2.91. The normalized spacial score (nSPS) is 13.2. The van der Waals surface area contributed by atoms with Crippen LogP contribution in [0, 0.1) is 6.92 Å². The van der Waals surface area contributed by atoms with Crippen molar-refractivity contribution in [1.82, 2.24) is 14.5 Å². The van der Waals surface area contributed by atoms with E-state index in [1.165, 1.54) is 19.0 Å². The highest BCUT2D eigenvalue weighted by molar-refractivity contribution is 7.90. The van der Waals surface area contributed by atoms with Gasteiger partial charge in [0, 0.05) is 26.7 Å². The topological polar surface area (TPSA) is 90.0 Å². The van der Waals surface area contributed by atoms with Crippen molar-refractivity contribution in [2.75, 3.05) is 24.9 Å². The third-order valence-corrected chi connectivity index (χ3v) is 7.71. The van der Waals surface area contributed by atoms with Gasteiger partial charge in [0.15, 0.2) is 0 Å². The zero-order valence-corrected chi connectivity index (χ0v) is 22.4. The van der Waals surface area contributed by atoms with Gasteiger partial charge in [0.25, 0.3) is 0 Å². The number of nitrogens with zero attached hydrogens (tertiary/aromatic N) is 3. The second kappa shape index (κ2) is 12.7. The average molecular weight is 503 g/mol. The maximum absolute atomic E-state index is 13.8. The standard InChI is InChI=1S/C26H38N4O4S/c1-7-21(4)27-26(32)24(8-2)29(18-22-14-12-13-20(3)17-22)25(31)19-30(35(33,34)28(5)6)23-15-10-9-11-16-23/h9-17,21,24H,7-8,18-19H2,1-6H3,(H,27,32)/t21-,24-/m1/s1. The predicted molar refractivity (Wildman–Crippen MR) is 140 cm³/mol. The van der Waals surface area contributed by atoms with Crippen LogP contribution in [0.4, 0.5) is 5.69 Å². The Morgan fingerprint density at radius 3 is 2.17 bits per heavy atom. The van der Waals surface area contributed by atoms with E-state index in [1.54, 1.807) is 30.3 Å². The number of para-hydroxylation sites is 1. The van der Waals surface area contributed by atoms with Gasteiger partial charge in [-0.3, -0.25) is 9.59 Å². The SMILES string of the molecule is CC[C@@H](C)NC(=O)[C@@H](CC)N(Cc1cccc(C)c1)C(=O)CN(c1ccccc1)S(=O)(=O)N(C)C. The Morgan fingerprint density at radius 2 is 1.63 bits per heavy atom. The van der Waals surface area contributed by atoms with Gasteiger partial charge >= 0.3 is 10.2 Å². The smallest absolute Gasteiger partial charge is 0.304 e. The fraction of sp³-hybridized carbons (Fsp3) is 0.462. The highest BCUT2D eigenvalue weighted by Gasteiger charge is 2.33. The summed E-state index contributed by atoms with van der Waals surface area (Å²) in [5, 5.41) is 2.97.